The minimum atomic E-state index is -0.0716. The molecule has 0 heterocycles. The van der Waals surface area contributed by atoms with Crippen LogP contribution < -0.4 is 5.32 Å². The smallest absolute Gasteiger partial charge is 0.246 e. The highest BCUT2D eigenvalue weighted by Gasteiger charge is 2.01. The molecule has 1 amide bonds. The second-order valence-electron chi connectivity index (χ2n) is 3.69. The molecule has 0 aliphatic rings. The van der Waals surface area contributed by atoms with E-state index in [0.29, 0.717) is 12.0 Å². The maximum Gasteiger partial charge on any atom is 0.246 e. The Labute approximate surface area is 138 Å². The van der Waals surface area contributed by atoms with Gasteiger partial charge in [-0.05, 0) is 19.4 Å². The summed E-state index contributed by atoms with van der Waals surface area (Å²) in [5.74, 6) is -0.0663. The van der Waals surface area contributed by atoms with Crippen molar-refractivity contribution in [2.45, 2.75) is 68.2 Å². The first-order chi connectivity index (χ1) is 10.5. The summed E-state index contributed by atoms with van der Waals surface area (Å²) in [7, 11) is 1.60. The number of likely N-dealkylation sites (N-methyl/N-ethyl adjacent to an activating group) is 1. The van der Waals surface area contributed by atoms with Gasteiger partial charge in [-0.25, -0.2) is 0 Å². The van der Waals surface area contributed by atoms with Gasteiger partial charge in [-0.15, -0.1) is 0 Å². The highest BCUT2D eigenvalue weighted by atomic mass is 16.1. The average molecular weight is 312 g/mol. The van der Waals surface area contributed by atoms with E-state index in [0.717, 1.165) is 0 Å². The van der Waals surface area contributed by atoms with E-state index in [2.05, 4.69) is 19.2 Å². The number of allylic oxidation sites excluding steroid dienone is 5. The fraction of sp³-hybridized carbons (Fsp3) is 0.579. The molecule has 0 bridgehead atoms. The van der Waals surface area contributed by atoms with Crippen LogP contribution in [-0.4, -0.2) is 18.7 Å². The number of hydrogen-bond acceptors (Lipinski definition) is 2. The highest BCUT2D eigenvalue weighted by molar-refractivity contribution is 5.93. The minimum absolute atomic E-state index is 0.00523. The molecule has 0 aliphatic heterocycles. The van der Waals surface area contributed by atoms with Crippen molar-refractivity contribution < 1.29 is 9.59 Å². The average Bonchev–Trinajstić information content (AvgIpc) is 2.54. The Kier molecular flexibility index (Phi) is 35.8. The highest BCUT2D eigenvalue weighted by Crippen LogP contribution is 2.00. The van der Waals surface area contributed by atoms with Crippen LogP contribution in [0.5, 0.6) is 0 Å². The zero-order valence-corrected chi connectivity index (χ0v) is 16.1. The first kappa shape index (κ1) is 28.5. The normalized spacial score (nSPS) is 9.77. The monoisotopic (exact) mass is 311 g/mol. The van der Waals surface area contributed by atoms with Gasteiger partial charge in [0.15, 0.2) is 5.78 Å². The third-order valence-electron chi connectivity index (χ3n) is 1.75. The molecule has 0 spiro atoms. The third kappa shape index (κ3) is 26.8. The minimum Gasteiger partial charge on any atom is -0.355 e. The van der Waals surface area contributed by atoms with Crippen molar-refractivity contribution in [1.29, 1.82) is 0 Å². The molecule has 0 aliphatic carbocycles. The summed E-state index contributed by atoms with van der Waals surface area (Å²) in [6.07, 6.45) is 10.3. The Morgan fingerprint density at radius 2 is 1.36 bits per heavy atom. The molecule has 22 heavy (non-hydrogen) atoms. The van der Waals surface area contributed by atoms with Crippen molar-refractivity contribution in [3.8, 4) is 0 Å². The Morgan fingerprint density at radius 1 is 0.909 bits per heavy atom. The topological polar surface area (TPSA) is 46.2 Å². The molecule has 3 heteroatoms. The van der Waals surface area contributed by atoms with Crippen LogP contribution in [0.25, 0.3) is 0 Å². The molecule has 0 aromatic carbocycles. The number of rotatable bonds is 5. The molecule has 0 aromatic rings. The van der Waals surface area contributed by atoms with Crippen molar-refractivity contribution in [1.82, 2.24) is 5.32 Å². The maximum absolute atomic E-state index is 11.2. The summed E-state index contributed by atoms with van der Waals surface area (Å²) >= 11 is 0. The summed E-state index contributed by atoms with van der Waals surface area (Å²) < 4.78 is 0. The van der Waals surface area contributed by atoms with Crippen LogP contribution in [-0.2, 0) is 9.59 Å². The van der Waals surface area contributed by atoms with Crippen molar-refractivity contribution in [2.24, 2.45) is 0 Å². The zero-order chi connectivity index (χ0) is 18.4. The quantitative estimate of drug-likeness (QED) is 0.557. The summed E-state index contributed by atoms with van der Waals surface area (Å²) in [6, 6.07) is 0. The number of carbonyl (C=O) groups is 2. The Morgan fingerprint density at radius 3 is 1.68 bits per heavy atom. The fourth-order valence-electron chi connectivity index (χ4n) is 0.942. The maximum atomic E-state index is 11.2. The Hall–Kier alpha value is -1.64. The number of ketones is 1. The molecule has 0 rings (SSSR count). The van der Waals surface area contributed by atoms with Crippen LogP contribution in [0.15, 0.2) is 36.0 Å². The van der Waals surface area contributed by atoms with E-state index in [1.165, 1.54) is 19.4 Å². The van der Waals surface area contributed by atoms with Gasteiger partial charge in [0.05, 0.1) is 0 Å². The van der Waals surface area contributed by atoms with E-state index in [-0.39, 0.29) is 11.7 Å². The second kappa shape index (κ2) is 27.7. The van der Waals surface area contributed by atoms with Gasteiger partial charge in [-0.2, -0.15) is 0 Å². The zero-order valence-electron chi connectivity index (χ0n) is 16.1. The van der Waals surface area contributed by atoms with Gasteiger partial charge in [0.2, 0.25) is 5.91 Å². The SMILES string of the molecule is CC.CC.CCC.CC\C(=C/C=C\C=C\C(C)=O)C(=O)NC. The van der Waals surface area contributed by atoms with E-state index >= 15 is 0 Å². The van der Waals surface area contributed by atoms with E-state index in [9.17, 15) is 9.59 Å². The van der Waals surface area contributed by atoms with Crippen LogP contribution in [0.1, 0.15) is 68.2 Å². The van der Waals surface area contributed by atoms with Gasteiger partial charge < -0.3 is 5.32 Å². The summed E-state index contributed by atoms with van der Waals surface area (Å²) in [5, 5.41) is 2.56. The Bertz CT molecular complexity index is 326. The molecule has 130 valence electrons. The number of carbonyl (C=O) groups excluding carboxylic acids is 2. The predicted molar refractivity (Wildman–Crippen MR) is 100 cm³/mol. The lowest BCUT2D eigenvalue weighted by Crippen LogP contribution is -2.19. The van der Waals surface area contributed by atoms with Crippen molar-refractivity contribution in [2.75, 3.05) is 7.05 Å². The van der Waals surface area contributed by atoms with Gasteiger partial charge in [0.25, 0.3) is 0 Å². The first-order valence-corrected chi connectivity index (χ1v) is 8.29. The number of nitrogens with one attached hydrogen (secondary N) is 1. The van der Waals surface area contributed by atoms with Crippen LogP contribution >= 0.6 is 0 Å². The molecular formula is C19H37NO2. The van der Waals surface area contributed by atoms with Crippen LogP contribution in [0, 0.1) is 0 Å². The van der Waals surface area contributed by atoms with Gasteiger partial charge in [0.1, 0.15) is 0 Å². The van der Waals surface area contributed by atoms with Gasteiger partial charge >= 0.3 is 0 Å². The van der Waals surface area contributed by atoms with Crippen molar-refractivity contribution >= 4 is 11.7 Å². The van der Waals surface area contributed by atoms with Gasteiger partial charge in [-0.1, -0.05) is 79.2 Å². The molecule has 0 unspecified atom stereocenters. The van der Waals surface area contributed by atoms with E-state index < -0.39 is 0 Å². The van der Waals surface area contributed by atoms with E-state index in [1.807, 2.05) is 34.6 Å². The largest absolute Gasteiger partial charge is 0.355 e. The van der Waals surface area contributed by atoms with E-state index in [1.54, 1.807) is 31.4 Å². The summed E-state index contributed by atoms with van der Waals surface area (Å²) in [4.78, 5) is 21.8. The molecule has 3 nitrogen and oxygen atoms in total. The number of amides is 1. The molecule has 1 N–H and O–H groups in total. The van der Waals surface area contributed by atoms with E-state index in [4.69, 9.17) is 0 Å². The van der Waals surface area contributed by atoms with Crippen molar-refractivity contribution in [3.63, 3.8) is 0 Å². The second-order valence-corrected chi connectivity index (χ2v) is 3.69. The van der Waals surface area contributed by atoms with Gasteiger partial charge in [-0.3, -0.25) is 9.59 Å². The standard InChI is InChI=1S/C12H17NO2.C3H8.2C2H6/c1-4-11(12(15)13-3)9-7-5-6-8-10(2)14;1-3-2;2*1-2/h5-9H,4H2,1-3H3,(H,13,15);3H2,1-2H3;2*1-2H3/b7-5-,8-6+,11-9+;;;. The third-order valence-corrected chi connectivity index (χ3v) is 1.75. The summed E-state index contributed by atoms with van der Waals surface area (Å²) in [6.45, 7) is 15.7. The Balaban J connectivity index is -0.000000198. The predicted octanol–water partition coefficient (Wildman–Crippen LogP) is 5.24. The lowest BCUT2D eigenvalue weighted by molar-refractivity contribution is -0.117. The van der Waals surface area contributed by atoms with Crippen LogP contribution in [0.4, 0.5) is 0 Å². The lowest BCUT2D eigenvalue weighted by atomic mass is 10.1. The molecule has 0 saturated carbocycles. The van der Waals surface area contributed by atoms with Crippen molar-refractivity contribution in [3.05, 3.63) is 36.0 Å². The molecule has 0 aromatic heterocycles. The fourth-order valence-corrected chi connectivity index (χ4v) is 0.942. The van der Waals surface area contributed by atoms with Crippen LogP contribution in [0.3, 0.4) is 0 Å². The van der Waals surface area contributed by atoms with Crippen LogP contribution in [0.2, 0.25) is 0 Å². The molecule has 0 saturated heterocycles. The van der Waals surface area contributed by atoms with Gasteiger partial charge in [0, 0.05) is 12.6 Å². The lowest BCUT2D eigenvalue weighted by Gasteiger charge is -1.99. The molecular weight excluding hydrogens is 274 g/mol. The first-order valence-electron chi connectivity index (χ1n) is 8.29. The summed E-state index contributed by atoms with van der Waals surface area (Å²) in [5.41, 5.74) is 0.713. The number of hydrogen-bond donors (Lipinski definition) is 1. The molecule has 0 fully saturated rings. The molecule has 0 atom stereocenters. The molecule has 0 radical (unpaired) electrons.